The van der Waals surface area contributed by atoms with Gasteiger partial charge in [0.05, 0.1) is 27.3 Å². The molecule has 4 heteroatoms. The largest absolute Gasteiger partial charge is 0.246 e. The van der Waals surface area contributed by atoms with Gasteiger partial charge in [0.25, 0.3) is 0 Å². The number of benzene rings is 7. The second-order valence-corrected chi connectivity index (χ2v) is 16.2. The van der Waals surface area contributed by atoms with Gasteiger partial charge in [-0.3, -0.25) is 0 Å². The third-order valence-electron chi connectivity index (χ3n) is 11.5. The van der Waals surface area contributed by atoms with Gasteiger partial charge in [0.1, 0.15) is 0 Å². The normalized spacial score (nSPS) is 13.0. The van der Waals surface area contributed by atoms with E-state index in [9.17, 15) is 0 Å². The molecule has 7 aromatic carbocycles. The molecule has 0 fully saturated rings. The molecule has 0 spiro atoms. The lowest BCUT2D eigenvalue weighted by Crippen LogP contribution is -2.14. The summed E-state index contributed by atoms with van der Waals surface area (Å²) < 4.78 is 2.44. The maximum atomic E-state index is 5.36. The molecule has 3 nitrogen and oxygen atoms in total. The van der Waals surface area contributed by atoms with Crippen LogP contribution in [0.4, 0.5) is 0 Å². The summed E-state index contributed by atoms with van der Waals surface area (Å²) in [6.45, 7) is 4.65. The zero-order valence-corrected chi connectivity index (χ0v) is 31.8. The molecule has 1 aliphatic rings. The molecule has 11 rings (SSSR count). The highest BCUT2D eigenvalue weighted by molar-refractivity contribution is 7.26. The zero-order chi connectivity index (χ0) is 37.4. The lowest BCUT2D eigenvalue weighted by atomic mass is 9.82. The number of hydrogen-bond acceptors (Lipinski definition) is 4. The average Bonchev–Trinajstić information content (AvgIpc) is 3.76. The summed E-state index contributed by atoms with van der Waals surface area (Å²) in [4.78, 5) is 15.9. The lowest BCUT2D eigenvalue weighted by Gasteiger charge is -2.21. The van der Waals surface area contributed by atoms with E-state index >= 15 is 0 Å². The van der Waals surface area contributed by atoms with Gasteiger partial charge in [-0.15, -0.1) is 11.3 Å². The number of nitrogens with zero attached hydrogens (tertiary/aromatic N) is 3. The predicted octanol–water partition coefficient (Wildman–Crippen LogP) is 14.0. The minimum Gasteiger partial charge on any atom is -0.246 e. The van der Waals surface area contributed by atoms with Crippen molar-refractivity contribution in [3.8, 4) is 67.4 Å². The molecule has 1 aliphatic carbocycles. The van der Waals surface area contributed by atoms with Crippen LogP contribution in [0.3, 0.4) is 0 Å². The first-order valence-corrected chi connectivity index (χ1v) is 19.9. The van der Waals surface area contributed by atoms with Crippen LogP contribution in [0, 0.1) is 0 Å². The van der Waals surface area contributed by atoms with E-state index in [1.165, 1.54) is 58.9 Å². The lowest BCUT2D eigenvalue weighted by molar-refractivity contribution is 0.660. The Morgan fingerprint density at radius 1 is 0.429 bits per heavy atom. The van der Waals surface area contributed by atoms with E-state index in [4.69, 9.17) is 15.0 Å². The SMILES string of the molecule is CC1(C)c2ccccc2-c2cc(-c3ccc(-c4nc(-c5ccccc5)cc(-c5ccccc5-c5nc6ccccc6c6c5sc5ccccc56)n4)cc3)ccc21. The topological polar surface area (TPSA) is 38.7 Å². The summed E-state index contributed by atoms with van der Waals surface area (Å²) >= 11 is 1.81. The maximum Gasteiger partial charge on any atom is 0.160 e. The molecule has 0 saturated carbocycles. The van der Waals surface area contributed by atoms with Gasteiger partial charge in [0.15, 0.2) is 5.82 Å². The number of para-hydroxylation sites is 1. The van der Waals surface area contributed by atoms with Crippen LogP contribution in [0.25, 0.3) is 98.5 Å². The highest BCUT2D eigenvalue weighted by atomic mass is 32.1. The minimum atomic E-state index is -0.0139. The fourth-order valence-electron chi connectivity index (χ4n) is 8.71. The summed E-state index contributed by atoms with van der Waals surface area (Å²) in [7, 11) is 0. The van der Waals surface area contributed by atoms with Crippen molar-refractivity contribution < 1.29 is 0 Å². The number of fused-ring (bicyclic) bond motifs is 8. The third-order valence-corrected chi connectivity index (χ3v) is 12.7. The fourth-order valence-corrected chi connectivity index (χ4v) is 9.93. The van der Waals surface area contributed by atoms with Gasteiger partial charge in [-0.1, -0.05) is 166 Å². The van der Waals surface area contributed by atoms with E-state index < -0.39 is 0 Å². The molecular formula is C52H35N3S. The van der Waals surface area contributed by atoms with Crippen LogP contribution >= 0.6 is 11.3 Å². The smallest absolute Gasteiger partial charge is 0.160 e. The molecule has 0 unspecified atom stereocenters. The average molecular weight is 734 g/mol. The van der Waals surface area contributed by atoms with Crippen LogP contribution in [0.2, 0.25) is 0 Å². The Labute approximate surface area is 329 Å². The summed E-state index contributed by atoms with van der Waals surface area (Å²) in [5.41, 5.74) is 15.6. The van der Waals surface area contributed by atoms with Gasteiger partial charge in [-0.05, 0) is 57.6 Å². The number of hydrogen-bond donors (Lipinski definition) is 0. The van der Waals surface area contributed by atoms with Crippen LogP contribution < -0.4 is 0 Å². The van der Waals surface area contributed by atoms with E-state index in [0.717, 1.165) is 44.9 Å². The van der Waals surface area contributed by atoms with Crippen molar-refractivity contribution in [1.82, 2.24) is 15.0 Å². The van der Waals surface area contributed by atoms with Crippen molar-refractivity contribution in [2.24, 2.45) is 0 Å². The van der Waals surface area contributed by atoms with E-state index in [0.29, 0.717) is 5.82 Å². The van der Waals surface area contributed by atoms with Crippen molar-refractivity contribution in [2.75, 3.05) is 0 Å². The van der Waals surface area contributed by atoms with Crippen LogP contribution in [0.15, 0.2) is 176 Å². The molecule has 3 aromatic heterocycles. The molecule has 0 atom stereocenters. The molecule has 0 bridgehead atoms. The number of rotatable bonds is 5. The van der Waals surface area contributed by atoms with Crippen molar-refractivity contribution in [1.29, 1.82) is 0 Å². The fraction of sp³-hybridized carbons (Fsp3) is 0.0577. The van der Waals surface area contributed by atoms with Crippen LogP contribution in [-0.4, -0.2) is 15.0 Å². The molecule has 56 heavy (non-hydrogen) atoms. The molecule has 0 amide bonds. The Bertz CT molecular complexity index is 3160. The molecule has 0 N–H and O–H groups in total. The van der Waals surface area contributed by atoms with Crippen LogP contribution in [0.1, 0.15) is 25.0 Å². The second kappa shape index (κ2) is 12.7. The molecule has 10 aromatic rings. The Morgan fingerprint density at radius 3 is 1.89 bits per heavy atom. The number of aromatic nitrogens is 3. The van der Waals surface area contributed by atoms with Crippen molar-refractivity contribution >= 4 is 42.4 Å². The Kier molecular flexibility index (Phi) is 7.38. The summed E-state index contributed by atoms with van der Waals surface area (Å²) in [5, 5.41) is 3.69. The van der Waals surface area contributed by atoms with E-state index in [2.05, 4.69) is 184 Å². The van der Waals surface area contributed by atoms with Gasteiger partial charge in [-0.2, -0.15) is 0 Å². The molecule has 0 radical (unpaired) electrons. The summed E-state index contributed by atoms with van der Waals surface area (Å²) in [5.74, 6) is 0.686. The van der Waals surface area contributed by atoms with Crippen molar-refractivity contribution in [3.05, 3.63) is 187 Å². The number of thiophene rings is 1. The van der Waals surface area contributed by atoms with Crippen molar-refractivity contribution in [2.45, 2.75) is 19.3 Å². The van der Waals surface area contributed by atoms with E-state index in [-0.39, 0.29) is 5.41 Å². The summed E-state index contributed by atoms with van der Waals surface area (Å²) in [6, 6.07) is 62.7. The van der Waals surface area contributed by atoms with Gasteiger partial charge < -0.3 is 0 Å². The first kappa shape index (κ1) is 32.7. The van der Waals surface area contributed by atoms with E-state index in [1.54, 1.807) is 0 Å². The van der Waals surface area contributed by atoms with Gasteiger partial charge in [-0.25, -0.2) is 15.0 Å². The first-order valence-electron chi connectivity index (χ1n) is 19.1. The van der Waals surface area contributed by atoms with Crippen molar-refractivity contribution in [3.63, 3.8) is 0 Å². The Balaban J connectivity index is 1.05. The first-order chi connectivity index (χ1) is 27.5. The molecule has 0 aliphatic heterocycles. The molecule has 0 saturated heterocycles. The monoisotopic (exact) mass is 733 g/mol. The molecule has 264 valence electrons. The van der Waals surface area contributed by atoms with Gasteiger partial charge >= 0.3 is 0 Å². The highest BCUT2D eigenvalue weighted by Crippen LogP contribution is 2.50. The Hall–Kier alpha value is -6.75. The maximum absolute atomic E-state index is 5.36. The zero-order valence-electron chi connectivity index (χ0n) is 31.0. The quantitative estimate of drug-likeness (QED) is 0.177. The minimum absolute atomic E-state index is 0.0139. The van der Waals surface area contributed by atoms with Gasteiger partial charge in [0, 0.05) is 48.5 Å². The molecule has 3 heterocycles. The second-order valence-electron chi connectivity index (χ2n) is 15.2. The predicted molar refractivity (Wildman–Crippen MR) is 235 cm³/mol. The van der Waals surface area contributed by atoms with Crippen LogP contribution in [-0.2, 0) is 5.41 Å². The highest BCUT2D eigenvalue weighted by Gasteiger charge is 2.35. The third kappa shape index (κ3) is 5.14. The van der Waals surface area contributed by atoms with Gasteiger partial charge in [0.2, 0.25) is 0 Å². The van der Waals surface area contributed by atoms with E-state index in [1.807, 2.05) is 17.4 Å². The van der Waals surface area contributed by atoms with Crippen LogP contribution in [0.5, 0.6) is 0 Å². The summed E-state index contributed by atoms with van der Waals surface area (Å²) in [6.07, 6.45) is 0. The number of pyridine rings is 1. The standard InChI is InChI=1S/C52H35N3S/c1-52(2)42-21-11-8-16-36(42)41-30-35(28-29-43(41)52)32-24-26-34(27-25-32)51-54-45(33-14-4-3-5-15-33)31-46(55-51)37-17-6-7-18-38(37)49-50-48(39-19-9-12-22-44(39)53-49)40-20-10-13-23-47(40)56-50/h3-31H,1-2H3. The Morgan fingerprint density at radius 2 is 1.05 bits per heavy atom. The molecular weight excluding hydrogens is 699 g/mol.